The second-order valence-electron chi connectivity index (χ2n) is 4.73. The fourth-order valence-electron chi connectivity index (χ4n) is 1.09. The van der Waals surface area contributed by atoms with Crippen LogP contribution in [0.4, 0.5) is 5.69 Å². The van der Waals surface area contributed by atoms with E-state index < -0.39 is 5.41 Å². The molecule has 0 unspecified atom stereocenters. The van der Waals surface area contributed by atoms with Crippen molar-refractivity contribution in [1.82, 2.24) is 4.98 Å². The maximum Gasteiger partial charge on any atom is 0.229 e. The number of pyridine rings is 1. The summed E-state index contributed by atoms with van der Waals surface area (Å²) in [4.78, 5) is 26.6. The first-order valence-corrected chi connectivity index (χ1v) is 5.08. The molecule has 0 saturated carbocycles. The largest absolute Gasteiger partial charge is 0.324 e. The number of hydrogen-bond donors (Lipinski definition) is 1. The van der Waals surface area contributed by atoms with Gasteiger partial charge in [0.1, 0.15) is 0 Å². The van der Waals surface area contributed by atoms with Gasteiger partial charge < -0.3 is 5.32 Å². The van der Waals surface area contributed by atoms with E-state index in [-0.39, 0.29) is 5.91 Å². The Morgan fingerprint density at radius 3 is 2.56 bits per heavy atom. The summed E-state index contributed by atoms with van der Waals surface area (Å²) in [5.41, 5.74) is 1.16. The Kier molecular flexibility index (Phi) is 3.42. The first-order valence-electron chi connectivity index (χ1n) is 5.08. The summed E-state index contributed by atoms with van der Waals surface area (Å²) in [6.45, 7) is 7.22. The summed E-state index contributed by atoms with van der Waals surface area (Å²) in [7, 11) is 0. The van der Waals surface area contributed by atoms with Gasteiger partial charge in [-0.2, -0.15) is 0 Å². The van der Waals surface area contributed by atoms with Crippen LogP contribution in [0.15, 0.2) is 12.3 Å². The number of aromatic nitrogens is 1. The van der Waals surface area contributed by atoms with E-state index in [1.165, 1.54) is 6.20 Å². The van der Waals surface area contributed by atoms with Crippen LogP contribution in [0.1, 0.15) is 36.8 Å². The molecule has 0 saturated heterocycles. The highest BCUT2D eigenvalue weighted by Gasteiger charge is 2.22. The zero-order valence-corrected chi connectivity index (χ0v) is 10.00. The molecule has 0 aromatic carbocycles. The smallest absolute Gasteiger partial charge is 0.229 e. The number of nitrogens with zero attached hydrogens (tertiary/aromatic N) is 1. The Bertz CT molecular complexity index is 420. The first kappa shape index (κ1) is 12.4. The summed E-state index contributed by atoms with van der Waals surface area (Å²) in [5, 5.41) is 2.70. The van der Waals surface area contributed by atoms with Crippen molar-refractivity contribution < 1.29 is 9.59 Å². The average molecular weight is 220 g/mol. The molecule has 1 rings (SSSR count). The van der Waals surface area contributed by atoms with Gasteiger partial charge in [0.05, 0.1) is 11.9 Å². The molecular formula is C12H16N2O2. The summed E-state index contributed by atoms with van der Waals surface area (Å²) in [6.07, 6.45) is 2.22. The molecule has 1 heterocycles. The van der Waals surface area contributed by atoms with Crippen molar-refractivity contribution in [3.8, 4) is 0 Å². The molecule has 0 radical (unpaired) electrons. The van der Waals surface area contributed by atoms with Crippen molar-refractivity contribution in [2.75, 3.05) is 5.32 Å². The molecule has 0 spiro atoms. The third-order valence-electron chi connectivity index (χ3n) is 2.13. The van der Waals surface area contributed by atoms with E-state index in [0.29, 0.717) is 17.5 Å². The molecule has 4 nitrogen and oxygen atoms in total. The van der Waals surface area contributed by atoms with E-state index in [4.69, 9.17) is 0 Å². The number of anilines is 1. The van der Waals surface area contributed by atoms with Gasteiger partial charge in [0.25, 0.3) is 0 Å². The molecule has 4 heteroatoms. The Morgan fingerprint density at radius 2 is 2.06 bits per heavy atom. The second kappa shape index (κ2) is 4.43. The van der Waals surface area contributed by atoms with Crippen LogP contribution in [0.5, 0.6) is 0 Å². The monoisotopic (exact) mass is 220 g/mol. The lowest BCUT2D eigenvalue weighted by molar-refractivity contribution is -0.123. The Balaban J connectivity index is 2.98. The molecule has 1 aromatic rings. The van der Waals surface area contributed by atoms with Crippen molar-refractivity contribution in [1.29, 1.82) is 0 Å². The van der Waals surface area contributed by atoms with E-state index >= 15 is 0 Å². The van der Waals surface area contributed by atoms with Gasteiger partial charge in [-0.25, -0.2) is 0 Å². The van der Waals surface area contributed by atoms with Gasteiger partial charge in [-0.1, -0.05) is 20.8 Å². The number of hydrogen-bond acceptors (Lipinski definition) is 3. The minimum Gasteiger partial charge on any atom is -0.324 e. The van der Waals surface area contributed by atoms with Gasteiger partial charge in [-0.05, 0) is 13.0 Å². The summed E-state index contributed by atoms with van der Waals surface area (Å²) < 4.78 is 0. The van der Waals surface area contributed by atoms with E-state index in [2.05, 4.69) is 10.3 Å². The molecule has 16 heavy (non-hydrogen) atoms. The van der Waals surface area contributed by atoms with E-state index in [1.807, 2.05) is 20.8 Å². The fourth-order valence-corrected chi connectivity index (χ4v) is 1.09. The third-order valence-corrected chi connectivity index (χ3v) is 2.13. The minimum atomic E-state index is -0.495. The number of nitrogens with one attached hydrogen (secondary N) is 1. The van der Waals surface area contributed by atoms with Crippen LogP contribution in [0, 0.1) is 12.3 Å². The molecule has 0 bridgehead atoms. The summed E-state index contributed by atoms with van der Waals surface area (Å²) >= 11 is 0. The zero-order chi connectivity index (χ0) is 12.3. The Morgan fingerprint density at radius 1 is 1.44 bits per heavy atom. The summed E-state index contributed by atoms with van der Waals surface area (Å²) in [5.74, 6) is -0.138. The van der Waals surface area contributed by atoms with E-state index in [1.54, 1.807) is 13.0 Å². The molecule has 1 N–H and O–H groups in total. The topological polar surface area (TPSA) is 59.1 Å². The maximum atomic E-state index is 11.7. The average Bonchev–Trinajstić information content (AvgIpc) is 2.19. The van der Waals surface area contributed by atoms with Crippen LogP contribution in [-0.4, -0.2) is 17.2 Å². The van der Waals surface area contributed by atoms with Gasteiger partial charge in [-0.15, -0.1) is 0 Å². The molecule has 0 aliphatic heterocycles. The van der Waals surface area contributed by atoms with E-state index in [0.717, 1.165) is 5.69 Å². The van der Waals surface area contributed by atoms with Crippen LogP contribution in [0.2, 0.25) is 0 Å². The maximum absolute atomic E-state index is 11.7. The highest BCUT2D eigenvalue weighted by molar-refractivity contribution is 5.98. The van der Waals surface area contributed by atoms with Crippen LogP contribution in [0.25, 0.3) is 0 Å². The van der Waals surface area contributed by atoms with Gasteiger partial charge >= 0.3 is 0 Å². The standard InChI is InChI=1S/C12H16N2O2/c1-8-5-9(7-15)10(6-13-8)14-11(16)12(2,3)4/h5-7H,1-4H3,(H,14,16). The number of aldehydes is 1. The molecule has 86 valence electrons. The quantitative estimate of drug-likeness (QED) is 0.777. The van der Waals surface area contributed by atoms with Gasteiger partial charge in [0.15, 0.2) is 6.29 Å². The van der Waals surface area contributed by atoms with Gasteiger partial charge in [-0.3, -0.25) is 14.6 Å². The lowest BCUT2D eigenvalue weighted by atomic mass is 9.95. The predicted octanol–water partition coefficient (Wildman–Crippen LogP) is 2.19. The highest BCUT2D eigenvalue weighted by Crippen LogP contribution is 2.19. The number of carbonyl (C=O) groups is 2. The molecule has 0 aliphatic carbocycles. The van der Waals surface area contributed by atoms with Crippen molar-refractivity contribution in [2.24, 2.45) is 5.41 Å². The second-order valence-corrected chi connectivity index (χ2v) is 4.73. The number of amides is 1. The molecule has 1 amide bonds. The zero-order valence-electron chi connectivity index (χ0n) is 10.00. The molecule has 0 fully saturated rings. The van der Waals surface area contributed by atoms with Crippen molar-refractivity contribution in [3.05, 3.63) is 23.5 Å². The number of carbonyl (C=O) groups excluding carboxylic acids is 2. The van der Waals surface area contributed by atoms with E-state index in [9.17, 15) is 9.59 Å². The van der Waals surface area contributed by atoms with Gasteiger partial charge in [0, 0.05) is 16.7 Å². The van der Waals surface area contributed by atoms with Crippen LogP contribution in [0.3, 0.4) is 0 Å². The van der Waals surface area contributed by atoms with Crippen LogP contribution in [-0.2, 0) is 4.79 Å². The number of rotatable bonds is 2. The normalized spacial score (nSPS) is 11.0. The highest BCUT2D eigenvalue weighted by atomic mass is 16.2. The predicted molar refractivity (Wildman–Crippen MR) is 62.4 cm³/mol. The number of aryl methyl sites for hydroxylation is 1. The Labute approximate surface area is 95.1 Å². The SMILES string of the molecule is Cc1cc(C=O)c(NC(=O)C(C)(C)C)cn1. The molecule has 1 aromatic heterocycles. The fraction of sp³-hybridized carbons (Fsp3) is 0.417. The van der Waals surface area contributed by atoms with Crippen molar-refractivity contribution in [3.63, 3.8) is 0 Å². The third kappa shape index (κ3) is 2.89. The summed E-state index contributed by atoms with van der Waals surface area (Å²) in [6, 6.07) is 1.64. The van der Waals surface area contributed by atoms with Gasteiger partial charge in [0.2, 0.25) is 5.91 Å². The lowest BCUT2D eigenvalue weighted by Crippen LogP contribution is -2.28. The Hall–Kier alpha value is -1.71. The first-order chi connectivity index (χ1) is 7.34. The van der Waals surface area contributed by atoms with Crippen molar-refractivity contribution in [2.45, 2.75) is 27.7 Å². The van der Waals surface area contributed by atoms with Crippen molar-refractivity contribution >= 4 is 17.9 Å². The van der Waals surface area contributed by atoms with Crippen LogP contribution < -0.4 is 5.32 Å². The minimum absolute atomic E-state index is 0.138. The molecule has 0 aliphatic rings. The molecule has 0 atom stereocenters. The lowest BCUT2D eigenvalue weighted by Gasteiger charge is -2.18. The molecular weight excluding hydrogens is 204 g/mol. The van der Waals surface area contributed by atoms with Crippen LogP contribution >= 0.6 is 0 Å².